The van der Waals surface area contributed by atoms with Crippen molar-refractivity contribution in [3.63, 3.8) is 0 Å². The van der Waals surface area contributed by atoms with Gasteiger partial charge in [-0.15, -0.1) is 0 Å². The zero-order valence-corrected chi connectivity index (χ0v) is 9.49. The Hall–Kier alpha value is -1.65. The lowest BCUT2D eigenvalue weighted by Crippen LogP contribution is -2.11. The molecule has 5 heteroatoms. The fourth-order valence-electron chi connectivity index (χ4n) is 2.23. The van der Waals surface area contributed by atoms with Gasteiger partial charge in [-0.2, -0.15) is 0 Å². The maximum absolute atomic E-state index is 13.5. The molecular formula is C12H15FN2O2. The molecule has 0 radical (unpaired) electrons. The molecule has 1 N–H and O–H groups in total. The summed E-state index contributed by atoms with van der Waals surface area (Å²) in [6, 6.07) is 3.71. The van der Waals surface area contributed by atoms with Crippen LogP contribution in [-0.4, -0.2) is 11.5 Å². The molecule has 17 heavy (non-hydrogen) atoms. The van der Waals surface area contributed by atoms with Gasteiger partial charge in [0.15, 0.2) is 5.82 Å². The van der Waals surface area contributed by atoms with Crippen LogP contribution in [0.3, 0.4) is 0 Å². The van der Waals surface area contributed by atoms with Crippen LogP contribution >= 0.6 is 0 Å². The number of anilines is 1. The lowest BCUT2D eigenvalue weighted by molar-refractivity contribution is -0.385. The normalized spacial score (nSPS) is 16.1. The molecular weight excluding hydrogens is 223 g/mol. The zero-order valence-electron chi connectivity index (χ0n) is 9.49. The summed E-state index contributed by atoms with van der Waals surface area (Å²) in [7, 11) is 0. The van der Waals surface area contributed by atoms with Crippen molar-refractivity contribution in [1.82, 2.24) is 0 Å². The molecule has 0 atom stereocenters. The van der Waals surface area contributed by atoms with Gasteiger partial charge in [-0.25, -0.2) is 4.39 Å². The maximum atomic E-state index is 13.5. The Morgan fingerprint density at radius 3 is 2.71 bits per heavy atom. The van der Waals surface area contributed by atoms with Gasteiger partial charge in [0.2, 0.25) is 0 Å². The van der Waals surface area contributed by atoms with Gasteiger partial charge in [-0.05, 0) is 24.8 Å². The van der Waals surface area contributed by atoms with E-state index in [1.807, 2.05) is 0 Å². The Bertz CT molecular complexity index is 417. The summed E-state index contributed by atoms with van der Waals surface area (Å²) < 4.78 is 13.5. The highest BCUT2D eigenvalue weighted by molar-refractivity contribution is 5.50. The SMILES string of the molecule is O=[N+]([O-])c1ccc(NCC2CCCC2)c(F)c1. The zero-order chi connectivity index (χ0) is 12.3. The first kappa shape index (κ1) is 11.8. The van der Waals surface area contributed by atoms with Gasteiger partial charge in [-0.3, -0.25) is 10.1 Å². The number of nitrogens with one attached hydrogen (secondary N) is 1. The summed E-state index contributed by atoms with van der Waals surface area (Å²) in [6.45, 7) is 0.745. The van der Waals surface area contributed by atoms with Crippen LogP contribution in [0.25, 0.3) is 0 Å². The Balaban J connectivity index is 1.98. The number of nitro groups is 1. The van der Waals surface area contributed by atoms with Crippen molar-refractivity contribution in [2.45, 2.75) is 25.7 Å². The lowest BCUT2D eigenvalue weighted by atomic mass is 10.1. The summed E-state index contributed by atoms with van der Waals surface area (Å²) >= 11 is 0. The molecule has 0 amide bonds. The number of benzene rings is 1. The van der Waals surface area contributed by atoms with E-state index in [0.717, 1.165) is 12.6 Å². The number of halogens is 1. The first-order valence-corrected chi connectivity index (χ1v) is 5.84. The Morgan fingerprint density at radius 2 is 2.12 bits per heavy atom. The number of rotatable bonds is 4. The first-order chi connectivity index (χ1) is 8.16. The first-order valence-electron chi connectivity index (χ1n) is 5.84. The minimum atomic E-state index is -0.593. The van der Waals surface area contributed by atoms with Crippen molar-refractivity contribution in [2.75, 3.05) is 11.9 Å². The van der Waals surface area contributed by atoms with E-state index < -0.39 is 10.7 Å². The maximum Gasteiger partial charge on any atom is 0.272 e. The van der Waals surface area contributed by atoms with E-state index in [0.29, 0.717) is 11.6 Å². The standard InChI is InChI=1S/C12H15FN2O2/c13-11-7-10(15(16)17)5-6-12(11)14-8-9-3-1-2-4-9/h5-7,9,14H,1-4,8H2. The van der Waals surface area contributed by atoms with Crippen LogP contribution < -0.4 is 5.32 Å². The molecule has 0 spiro atoms. The molecule has 92 valence electrons. The van der Waals surface area contributed by atoms with Crippen LogP contribution in [0.4, 0.5) is 15.8 Å². The average Bonchev–Trinajstić information content (AvgIpc) is 2.80. The summed E-state index contributed by atoms with van der Waals surface area (Å²) in [4.78, 5) is 9.86. The van der Waals surface area contributed by atoms with Crippen molar-refractivity contribution < 1.29 is 9.31 Å². The van der Waals surface area contributed by atoms with Crippen LogP contribution in [0, 0.1) is 21.8 Å². The van der Waals surface area contributed by atoms with Crippen LogP contribution in [0.1, 0.15) is 25.7 Å². The molecule has 1 aromatic carbocycles. The van der Waals surface area contributed by atoms with Gasteiger partial charge in [0.1, 0.15) is 0 Å². The lowest BCUT2D eigenvalue weighted by Gasteiger charge is -2.12. The van der Waals surface area contributed by atoms with Crippen molar-refractivity contribution in [3.05, 3.63) is 34.1 Å². The third-order valence-corrected chi connectivity index (χ3v) is 3.22. The average molecular weight is 238 g/mol. The number of hydrogen-bond acceptors (Lipinski definition) is 3. The Kier molecular flexibility index (Phi) is 3.56. The van der Waals surface area contributed by atoms with Crippen LogP contribution in [0.2, 0.25) is 0 Å². The van der Waals surface area contributed by atoms with Crippen LogP contribution in [0.15, 0.2) is 18.2 Å². The summed E-state index contributed by atoms with van der Waals surface area (Å²) in [6.07, 6.45) is 4.85. The van der Waals surface area contributed by atoms with Gasteiger partial charge in [0.05, 0.1) is 16.7 Å². The second kappa shape index (κ2) is 5.12. The fraction of sp³-hybridized carbons (Fsp3) is 0.500. The fourth-order valence-corrected chi connectivity index (χ4v) is 2.23. The minimum absolute atomic E-state index is 0.214. The molecule has 0 bridgehead atoms. The van der Waals surface area contributed by atoms with E-state index in [9.17, 15) is 14.5 Å². The van der Waals surface area contributed by atoms with Gasteiger partial charge in [0.25, 0.3) is 5.69 Å². The van der Waals surface area contributed by atoms with E-state index in [1.165, 1.54) is 37.8 Å². The molecule has 0 unspecified atom stereocenters. The third-order valence-electron chi connectivity index (χ3n) is 3.22. The number of nitrogens with zero attached hydrogens (tertiary/aromatic N) is 1. The van der Waals surface area contributed by atoms with Crippen molar-refractivity contribution >= 4 is 11.4 Å². The van der Waals surface area contributed by atoms with Gasteiger partial charge >= 0.3 is 0 Å². The third kappa shape index (κ3) is 2.93. The summed E-state index contributed by atoms with van der Waals surface area (Å²) in [5.74, 6) is 0.0433. The highest BCUT2D eigenvalue weighted by atomic mass is 19.1. The minimum Gasteiger partial charge on any atom is -0.382 e. The number of non-ortho nitro benzene ring substituents is 1. The molecule has 1 aliphatic carbocycles. The van der Waals surface area contributed by atoms with Crippen LogP contribution in [0.5, 0.6) is 0 Å². The highest BCUT2D eigenvalue weighted by Gasteiger charge is 2.16. The molecule has 1 aliphatic rings. The molecule has 0 aliphatic heterocycles. The number of hydrogen-bond donors (Lipinski definition) is 1. The largest absolute Gasteiger partial charge is 0.382 e. The molecule has 2 rings (SSSR count). The van der Waals surface area contributed by atoms with Crippen LogP contribution in [-0.2, 0) is 0 Å². The number of nitro benzene ring substituents is 1. The smallest absolute Gasteiger partial charge is 0.272 e. The molecule has 4 nitrogen and oxygen atoms in total. The van der Waals surface area contributed by atoms with E-state index in [1.54, 1.807) is 0 Å². The summed E-state index contributed by atoms with van der Waals surface area (Å²) in [5.41, 5.74) is 0.136. The van der Waals surface area contributed by atoms with Gasteiger partial charge < -0.3 is 5.32 Å². The van der Waals surface area contributed by atoms with Crippen molar-refractivity contribution in [1.29, 1.82) is 0 Å². The topological polar surface area (TPSA) is 55.2 Å². The Morgan fingerprint density at radius 1 is 1.41 bits per heavy atom. The van der Waals surface area contributed by atoms with E-state index >= 15 is 0 Å². The second-order valence-corrected chi connectivity index (χ2v) is 4.45. The molecule has 1 aromatic rings. The monoisotopic (exact) mass is 238 g/mol. The van der Waals surface area contributed by atoms with Crippen molar-refractivity contribution in [2.24, 2.45) is 5.92 Å². The highest BCUT2D eigenvalue weighted by Crippen LogP contribution is 2.26. The molecule has 0 aromatic heterocycles. The molecule has 0 heterocycles. The molecule has 1 saturated carbocycles. The molecule has 0 saturated heterocycles. The Labute approximate surface area is 99.0 Å². The molecule has 1 fully saturated rings. The van der Waals surface area contributed by atoms with Gasteiger partial charge in [-0.1, -0.05) is 12.8 Å². The predicted molar refractivity (Wildman–Crippen MR) is 63.5 cm³/mol. The van der Waals surface area contributed by atoms with E-state index in [-0.39, 0.29) is 5.69 Å². The van der Waals surface area contributed by atoms with E-state index in [4.69, 9.17) is 0 Å². The van der Waals surface area contributed by atoms with Crippen molar-refractivity contribution in [3.8, 4) is 0 Å². The summed E-state index contributed by atoms with van der Waals surface area (Å²) in [5, 5.41) is 13.5. The van der Waals surface area contributed by atoms with E-state index in [2.05, 4.69) is 5.32 Å². The quantitative estimate of drug-likeness (QED) is 0.646. The second-order valence-electron chi connectivity index (χ2n) is 4.45. The van der Waals surface area contributed by atoms with Gasteiger partial charge in [0, 0.05) is 12.6 Å². The predicted octanol–water partition coefficient (Wildman–Crippen LogP) is 3.34.